The first-order valence-electron chi connectivity index (χ1n) is 5.85. The van der Waals surface area contributed by atoms with Crippen LogP contribution in [0.4, 0.5) is 20.6 Å². The highest BCUT2D eigenvalue weighted by Gasteiger charge is 2.16. The van der Waals surface area contributed by atoms with Gasteiger partial charge in [0.25, 0.3) is 0 Å². The third-order valence-electron chi connectivity index (χ3n) is 1.98. The van der Waals surface area contributed by atoms with E-state index in [1.54, 1.807) is 20.8 Å². The monoisotopic (exact) mass is 254 g/mol. The van der Waals surface area contributed by atoms with Crippen molar-refractivity contribution in [3.63, 3.8) is 0 Å². The fourth-order valence-corrected chi connectivity index (χ4v) is 1.35. The van der Waals surface area contributed by atoms with Gasteiger partial charge in [-0.2, -0.15) is 0 Å². The molecule has 0 saturated carbocycles. The van der Waals surface area contributed by atoms with Crippen molar-refractivity contribution in [1.29, 1.82) is 0 Å². The smallest absolute Gasteiger partial charge is 0.412 e. The summed E-state index contributed by atoms with van der Waals surface area (Å²) in [6.07, 6.45) is -0.559. The van der Waals surface area contributed by atoms with Gasteiger partial charge in [-0.3, -0.25) is 5.32 Å². The molecule has 1 aromatic rings. The standard InChI is InChI=1S/C13H19FN2O2/c1-5-15-11-8-9(6-7-10(11)14)16-12(17)18-13(2,3)4/h6-8,15H,5H2,1-4H3,(H,16,17). The number of rotatable bonds is 3. The molecule has 4 nitrogen and oxygen atoms in total. The molecule has 1 amide bonds. The van der Waals surface area contributed by atoms with Gasteiger partial charge in [-0.15, -0.1) is 0 Å². The van der Waals surface area contributed by atoms with Crippen molar-refractivity contribution in [3.05, 3.63) is 24.0 Å². The van der Waals surface area contributed by atoms with Crippen LogP contribution in [0.1, 0.15) is 27.7 Å². The third-order valence-corrected chi connectivity index (χ3v) is 1.98. The summed E-state index contributed by atoms with van der Waals surface area (Å²) in [5.41, 5.74) is 0.280. The molecule has 1 rings (SSSR count). The van der Waals surface area contributed by atoms with Gasteiger partial charge in [0.1, 0.15) is 11.4 Å². The van der Waals surface area contributed by atoms with Crippen LogP contribution in [-0.2, 0) is 4.74 Å². The van der Waals surface area contributed by atoms with Crippen molar-refractivity contribution in [1.82, 2.24) is 0 Å². The Kier molecular flexibility index (Phi) is 4.53. The molecule has 18 heavy (non-hydrogen) atoms. The summed E-state index contributed by atoms with van der Waals surface area (Å²) < 4.78 is 18.5. The molecular formula is C13H19FN2O2. The molecule has 2 N–H and O–H groups in total. The van der Waals surface area contributed by atoms with Gasteiger partial charge in [0, 0.05) is 12.2 Å². The van der Waals surface area contributed by atoms with Crippen molar-refractivity contribution >= 4 is 17.5 Å². The maximum atomic E-state index is 13.4. The minimum Gasteiger partial charge on any atom is -0.444 e. The number of halogens is 1. The van der Waals surface area contributed by atoms with Crippen molar-refractivity contribution in [2.24, 2.45) is 0 Å². The van der Waals surface area contributed by atoms with Gasteiger partial charge >= 0.3 is 6.09 Å². The Morgan fingerprint density at radius 2 is 2.06 bits per heavy atom. The van der Waals surface area contributed by atoms with Gasteiger partial charge in [0.15, 0.2) is 0 Å². The van der Waals surface area contributed by atoms with E-state index in [0.717, 1.165) is 0 Å². The molecule has 0 spiro atoms. The van der Waals surface area contributed by atoms with E-state index >= 15 is 0 Å². The minimum atomic E-state index is -0.561. The average molecular weight is 254 g/mol. The zero-order valence-electron chi connectivity index (χ0n) is 11.1. The summed E-state index contributed by atoms with van der Waals surface area (Å²) in [4.78, 5) is 11.5. The quantitative estimate of drug-likeness (QED) is 0.866. The number of hydrogen-bond donors (Lipinski definition) is 2. The van der Waals surface area contributed by atoms with Crippen LogP contribution in [0.2, 0.25) is 0 Å². The van der Waals surface area contributed by atoms with Crippen LogP contribution in [0.15, 0.2) is 18.2 Å². The first kappa shape index (κ1) is 14.3. The Labute approximate surface area is 107 Å². The maximum absolute atomic E-state index is 13.4. The van der Waals surface area contributed by atoms with Gasteiger partial charge < -0.3 is 10.1 Å². The SMILES string of the molecule is CCNc1cc(NC(=O)OC(C)(C)C)ccc1F. The van der Waals surface area contributed by atoms with Gasteiger partial charge in [-0.25, -0.2) is 9.18 Å². The topological polar surface area (TPSA) is 50.4 Å². The van der Waals surface area contributed by atoms with Crippen LogP contribution < -0.4 is 10.6 Å². The van der Waals surface area contributed by atoms with E-state index in [-0.39, 0.29) is 5.82 Å². The van der Waals surface area contributed by atoms with E-state index in [0.29, 0.717) is 17.9 Å². The number of amides is 1. The molecule has 0 aliphatic carbocycles. The third kappa shape index (κ3) is 4.61. The highest BCUT2D eigenvalue weighted by Crippen LogP contribution is 2.20. The lowest BCUT2D eigenvalue weighted by Crippen LogP contribution is -2.27. The summed E-state index contributed by atoms with van der Waals surface area (Å²) in [5.74, 6) is -0.355. The molecule has 0 bridgehead atoms. The zero-order valence-corrected chi connectivity index (χ0v) is 11.1. The average Bonchev–Trinajstić information content (AvgIpc) is 2.20. The second-order valence-electron chi connectivity index (χ2n) is 4.85. The minimum absolute atomic E-state index is 0.353. The van der Waals surface area contributed by atoms with Crippen molar-refractivity contribution in [2.75, 3.05) is 17.2 Å². The van der Waals surface area contributed by atoms with Gasteiger partial charge in [-0.1, -0.05) is 0 Å². The number of hydrogen-bond acceptors (Lipinski definition) is 3. The van der Waals surface area contributed by atoms with Crippen LogP contribution >= 0.6 is 0 Å². The molecule has 0 aliphatic heterocycles. The predicted molar refractivity (Wildman–Crippen MR) is 70.4 cm³/mol. The molecule has 0 unspecified atom stereocenters. The van der Waals surface area contributed by atoms with E-state index in [1.807, 2.05) is 6.92 Å². The Balaban J connectivity index is 2.73. The highest BCUT2D eigenvalue weighted by molar-refractivity contribution is 5.85. The molecule has 5 heteroatoms. The number of benzene rings is 1. The summed E-state index contributed by atoms with van der Waals surface area (Å²) in [5, 5.41) is 5.43. The second-order valence-corrected chi connectivity index (χ2v) is 4.85. The lowest BCUT2D eigenvalue weighted by atomic mass is 10.2. The second kappa shape index (κ2) is 5.71. The zero-order chi connectivity index (χ0) is 13.8. The highest BCUT2D eigenvalue weighted by atomic mass is 19.1. The Morgan fingerprint density at radius 3 is 2.61 bits per heavy atom. The van der Waals surface area contributed by atoms with E-state index in [4.69, 9.17) is 4.74 Å². The molecule has 0 saturated heterocycles. The predicted octanol–water partition coefficient (Wildman–Crippen LogP) is 3.60. The molecule has 0 radical (unpaired) electrons. The summed E-state index contributed by atoms with van der Waals surface area (Å²) in [6.45, 7) is 7.81. The molecule has 0 aromatic heterocycles. The molecule has 0 heterocycles. The number of carbonyl (C=O) groups excluding carboxylic acids is 1. The van der Waals surface area contributed by atoms with Crippen molar-refractivity contribution in [3.8, 4) is 0 Å². The van der Waals surface area contributed by atoms with Gasteiger partial charge in [0.05, 0.1) is 5.69 Å². The van der Waals surface area contributed by atoms with Gasteiger partial charge in [-0.05, 0) is 45.9 Å². The largest absolute Gasteiger partial charge is 0.444 e. The lowest BCUT2D eigenvalue weighted by Gasteiger charge is -2.19. The number of ether oxygens (including phenoxy) is 1. The maximum Gasteiger partial charge on any atom is 0.412 e. The van der Waals surface area contributed by atoms with E-state index in [2.05, 4.69) is 10.6 Å². The first-order chi connectivity index (χ1) is 8.31. The van der Waals surface area contributed by atoms with Gasteiger partial charge in [0.2, 0.25) is 0 Å². The van der Waals surface area contributed by atoms with Crippen LogP contribution in [0, 0.1) is 5.82 Å². The summed E-state index contributed by atoms with van der Waals surface area (Å²) >= 11 is 0. The molecule has 100 valence electrons. The number of anilines is 2. The fourth-order valence-electron chi connectivity index (χ4n) is 1.35. The lowest BCUT2D eigenvalue weighted by molar-refractivity contribution is 0.0636. The van der Waals surface area contributed by atoms with Crippen LogP contribution in [0.5, 0.6) is 0 Å². The Hall–Kier alpha value is -1.78. The van der Waals surface area contributed by atoms with Crippen LogP contribution in [0.3, 0.4) is 0 Å². The molecule has 0 fully saturated rings. The summed E-state index contributed by atoms with van der Waals surface area (Å²) in [7, 11) is 0. The Bertz CT molecular complexity index is 427. The normalized spacial score (nSPS) is 10.9. The van der Waals surface area contributed by atoms with Crippen molar-refractivity contribution in [2.45, 2.75) is 33.3 Å². The van der Waals surface area contributed by atoms with E-state index < -0.39 is 11.7 Å². The first-order valence-corrected chi connectivity index (χ1v) is 5.85. The van der Waals surface area contributed by atoms with E-state index in [9.17, 15) is 9.18 Å². The number of nitrogens with one attached hydrogen (secondary N) is 2. The molecular weight excluding hydrogens is 235 g/mol. The van der Waals surface area contributed by atoms with Crippen LogP contribution in [-0.4, -0.2) is 18.2 Å². The molecule has 1 aromatic carbocycles. The summed E-state index contributed by atoms with van der Waals surface area (Å²) in [6, 6.07) is 4.31. The molecule has 0 aliphatic rings. The molecule has 0 atom stereocenters. The van der Waals surface area contributed by atoms with Crippen LogP contribution in [0.25, 0.3) is 0 Å². The fraction of sp³-hybridized carbons (Fsp3) is 0.462. The van der Waals surface area contributed by atoms with E-state index in [1.165, 1.54) is 18.2 Å². The van der Waals surface area contributed by atoms with Crippen molar-refractivity contribution < 1.29 is 13.9 Å². The Morgan fingerprint density at radius 1 is 1.39 bits per heavy atom. The number of carbonyl (C=O) groups is 1.